The molecule has 230 valence electrons. The Morgan fingerprint density at radius 2 is 1.43 bits per heavy atom. The molecule has 2 rings (SSSR count). The van der Waals surface area contributed by atoms with Crippen LogP contribution in [0.25, 0.3) is 0 Å². The van der Waals surface area contributed by atoms with Gasteiger partial charge in [-0.15, -0.1) is 0 Å². The Balaban J connectivity index is 2.49. The van der Waals surface area contributed by atoms with E-state index in [4.69, 9.17) is 9.47 Å². The second kappa shape index (κ2) is 14.8. The van der Waals surface area contributed by atoms with Crippen LogP contribution in [0.2, 0.25) is 0 Å². The SMILES string of the molecule is Cc1ccccc1C(C(=O)NC(Cc1ccccc1)C(=O)OC(C)(C)C)N(CCO)C(=O)C(C)NC(=O)OC(C)(C)C. The van der Waals surface area contributed by atoms with Crippen molar-refractivity contribution in [1.82, 2.24) is 15.5 Å². The summed E-state index contributed by atoms with van der Waals surface area (Å²) in [5, 5.41) is 15.3. The van der Waals surface area contributed by atoms with E-state index in [0.29, 0.717) is 5.56 Å². The predicted octanol–water partition coefficient (Wildman–Crippen LogP) is 3.84. The molecule has 0 fully saturated rings. The van der Waals surface area contributed by atoms with Crippen LogP contribution >= 0.6 is 0 Å². The Kier molecular flexibility index (Phi) is 12.1. The molecule has 2 aromatic carbocycles. The lowest BCUT2D eigenvalue weighted by Crippen LogP contribution is -2.55. The zero-order valence-electron chi connectivity index (χ0n) is 25.9. The van der Waals surface area contributed by atoms with Gasteiger partial charge < -0.3 is 30.1 Å². The Labute approximate surface area is 248 Å². The molecule has 10 nitrogen and oxygen atoms in total. The molecule has 0 heterocycles. The molecule has 0 saturated carbocycles. The van der Waals surface area contributed by atoms with Crippen molar-refractivity contribution < 1.29 is 33.8 Å². The summed E-state index contributed by atoms with van der Waals surface area (Å²) in [6.07, 6.45) is -0.635. The summed E-state index contributed by atoms with van der Waals surface area (Å²) >= 11 is 0. The minimum Gasteiger partial charge on any atom is -0.458 e. The van der Waals surface area contributed by atoms with Gasteiger partial charge in [0.2, 0.25) is 11.8 Å². The van der Waals surface area contributed by atoms with Crippen LogP contribution in [0.15, 0.2) is 54.6 Å². The Morgan fingerprint density at radius 1 is 0.857 bits per heavy atom. The van der Waals surface area contributed by atoms with Crippen LogP contribution in [0.1, 0.15) is 71.2 Å². The Morgan fingerprint density at radius 3 is 1.98 bits per heavy atom. The van der Waals surface area contributed by atoms with E-state index in [1.165, 1.54) is 11.8 Å². The number of rotatable bonds is 11. The lowest BCUT2D eigenvalue weighted by Gasteiger charge is -2.35. The molecular formula is C32H45N3O7. The minimum atomic E-state index is -1.23. The largest absolute Gasteiger partial charge is 0.458 e. The number of ether oxygens (including phenoxy) is 2. The van der Waals surface area contributed by atoms with E-state index < -0.39 is 59.8 Å². The summed E-state index contributed by atoms with van der Waals surface area (Å²) in [5.74, 6) is -1.87. The van der Waals surface area contributed by atoms with E-state index in [0.717, 1.165) is 11.1 Å². The maximum atomic E-state index is 14.1. The van der Waals surface area contributed by atoms with Gasteiger partial charge >= 0.3 is 12.1 Å². The van der Waals surface area contributed by atoms with E-state index >= 15 is 0 Å². The fraction of sp³-hybridized carbons (Fsp3) is 0.500. The van der Waals surface area contributed by atoms with Crippen molar-refractivity contribution >= 4 is 23.9 Å². The highest BCUT2D eigenvalue weighted by Gasteiger charge is 2.37. The molecule has 0 saturated heterocycles. The summed E-state index contributed by atoms with van der Waals surface area (Å²) in [7, 11) is 0. The van der Waals surface area contributed by atoms with Gasteiger partial charge in [0.15, 0.2) is 0 Å². The number of aryl methyl sites for hydroxylation is 1. The lowest BCUT2D eigenvalue weighted by atomic mass is 9.97. The second-order valence-electron chi connectivity index (χ2n) is 12.2. The molecule has 0 aliphatic carbocycles. The van der Waals surface area contributed by atoms with Crippen molar-refractivity contribution in [2.24, 2.45) is 0 Å². The van der Waals surface area contributed by atoms with Gasteiger partial charge in [0, 0.05) is 13.0 Å². The van der Waals surface area contributed by atoms with E-state index in [2.05, 4.69) is 10.6 Å². The standard InChI is InChI=1S/C32H45N3O7/c1-21-14-12-13-17-24(21)26(35(18-19-36)28(38)22(2)33-30(40)42-32(6,7)8)27(37)34-25(29(39)41-31(3,4)5)20-23-15-10-9-11-16-23/h9-17,22,25-26,36H,18-20H2,1-8H3,(H,33,40)(H,34,37). The third-order valence-corrected chi connectivity index (χ3v) is 6.06. The van der Waals surface area contributed by atoms with Gasteiger partial charge in [0.25, 0.3) is 0 Å². The Bertz CT molecular complexity index is 1220. The van der Waals surface area contributed by atoms with Crippen molar-refractivity contribution in [1.29, 1.82) is 0 Å². The van der Waals surface area contributed by atoms with Gasteiger partial charge in [-0.2, -0.15) is 0 Å². The summed E-state index contributed by atoms with van der Waals surface area (Å²) in [4.78, 5) is 54.7. The van der Waals surface area contributed by atoms with Crippen molar-refractivity contribution in [3.05, 3.63) is 71.3 Å². The Hall–Kier alpha value is -3.92. The normalized spacial score (nSPS) is 13.7. The summed E-state index contributed by atoms with van der Waals surface area (Å²) in [5.41, 5.74) is 0.450. The zero-order valence-corrected chi connectivity index (χ0v) is 25.9. The minimum absolute atomic E-state index is 0.159. The molecule has 0 radical (unpaired) electrons. The molecule has 3 unspecified atom stereocenters. The fourth-order valence-electron chi connectivity index (χ4n) is 4.28. The van der Waals surface area contributed by atoms with Gasteiger partial charge in [-0.05, 0) is 72.1 Å². The summed E-state index contributed by atoms with van der Waals surface area (Å²) in [6, 6.07) is 12.9. The highest BCUT2D eigenvalue weighted by atomic mass is 16.6. The highest BCUT2D eigenvalue weighted by Crippen LogP contribution is 2.26. The number of benzene rings is 2. The van der Waals surface area contributed by atoms with Crippen molar-refractivity contribution in [2.75, 3.05) is 13.2 Å². The molecule has 10 heteroatoms. The summed E-state index contributed by atoms with van der Waals surface area (Å²) in [6.45, 7) is 12.9. The van der Waals surface area contributed by atoms with Gasteiger partial charge in [0.05, 0.1) is 6.61 Å². The third-order valence-electron chi connectivity index (χ3n) is 6.06. The van der Waals surface area contributed by atoms with Gasteiger partial charge in [0.1, 0.15) is 29.3 Å². The second-order valence-corrected chi connectivity index (χ2v) is 12.2. The van der Waals surface area contributed by atoms with E-state index in [1.807, 2.05) is 30.3 Å². The maximum absolute atomic E-state index is 14.1. The van der Waals surface area contributed by atoms with Crippen LogP contribution in [0.3, 0.4) is 0 Å². The van der Waals surface area contributed by atoms with Crippen molar-refractivity contribution in [3.8, 4) is 0 Å². The van der Waals surface area contributed by atoms with E-state index in [-0.39, 0.29) is 13.0 Å². The first-order valence-corrected chi connectivity index (χ1v) is 14.1. The first kappa shape index (κ1) is 34.3. The molecule has 0 aromatic heterocycles. The monoisotopic (exact) mass is 583 g/mol. The zero-order chi connectivity index (χ0) is 31.7. The molecular weight excluding hydrogens is 538 g/mol. The van der Waals surface area contributed by atoms with Crippen LogP contribution in [-0.2, 0) is 30.3 Å². The van der Waals surface area contributed by atoms with Gasteiger partial charge in [-0.3, -0.25) is 9.59 Å². The number of hydrogen-bond donors (Lipinski definition) is 3. The van der Waals surface area contributed by atoms with Crippen LogP contribution < -0.4 is 10.6 Å². The lowest BCUT2D eigenvalue weighted by molar-refractivity contribution is -0.159. The molecule has 0 aliphatic heterocycles. The average molecular weight is 584 g/mol. The number of nitrogens with zero attached hydrogens (tertiary/aromatic N) is 1. The highest BCUT2D eigenvalue weighted by molar-refractivity contribution is 5.94. The fourth-order valence-corrected chi connectivity index (χ4v) is 4.28. The molecule has 3 atom stereocenters. The van der Waals surface area contributed by atoms with Crippen molar-refractivity contribution in [3.63, 3.8) is 0 Å². The topological polar surface area (TPSA) is 134 Å². The number of hydrogen-bond acceptors (Lipinski definition) is 7. The quantitative estimate of drug-likeness (QED) is 0.342. The number of carbonyl (C=O) groups excluding carboxylic acids is 4. The van der Waals surface area contributed by atoms with Crippen LogP contribution in [0, 0.1) is 6.92 Å². The number of aliphatic hydroxyl groups is 1. The maximum Gasteiger partial charge on any atom is 0.408 e. The molecule has 0 spiro atoms. The first-order valence-electron chi connectivity index (χ1n) is 14.1. The van der Waals surface area contributed by atoms with Crippen LogP contribution in [0.5, 0.6) is 0 Å². The van der Waals surface area contributed by atoms with Gasteiger partial charge in [-0.1, -0.05) is 54.6 Å². The van der Waals surface area contributed by atoms with Crippen molar-refractivity contribution in [2.45, 2.75) is 91.1 Å². The molecule has 3 N–H and O–H groups in total. The van der Waals surface area contributed by atoms with Gasteiger partial charge in [-0.25, -0.2) is 9.59 Å². The molecule has 0 bridgehead atoms. The number of amides is 3. The molecule has 2 aromatic rings. The smallest absolute Gasteiger partial charge is 0.408 e. The third kappa shape index (κ3) is 10.8. The van der Waals surface area contributed by atoms with E-state index in [1.54, 1.807) is 72.7 Å². The first-order chi connectivity index (χ1) is 19.5. The number of alkyl carbamates (subject to hydrolysis) is 1. The average Bonchev–Trinajstić information content (AvgIpc) is 2.87. The molecule has 42 heavy (non-hydrogen) atoms. The van der Waals surface area contributed by atoms with Crippen LogP contribution in [-0.4, -0.2) is 70.3 Å². The number of carbonyl (C=O) groups is 4. The molecule has 0 aliphatic rings. The van der Waals surface area contributed by atoms with E-state index in [9.17, 15) is 24.3 Å². The number of esters is 1. The predicted molar refractivity (Wildman–Crippen MR) is 159 cm³/mol. The number of nitrogens with one attached hydrogen (secondary N) is 2. The molecule has 3 amide bonds. The van der Waals surface area contributed by atoms with Crippen LogP contribution in [0.4, 0.5) is 4.79 Å². The number of aliphatic hydroxyl groups excluding tert-OH is 1. The summed E-state index contributed by atoms with van der Waals surface area (Å²) < 4.78 is 10.9.